The van der Waals surface area contributed by atoms with Gasteiger partial charge >= 0.3 is 0 Å². The molecule has 1 N–H and O–H groups in total. The van der Waals surface area contributed by atoms with E-state index in [9.17, 15) is 4.79 Å². The molecule has 1 fully saturated rings. The van der Waals surface area contributed by atoms with Crippen LogP contribution in [0.25, 0.3) is 0 Å². The van der Waals surface area contributed by atoms with Crippen molar-refractivity contribution in [3.8, 4) is 0 Å². The van der Waals surface area contributed by atoms with Gasteiger partial charge in [0.05, 0.1) is 6.04 Å². The molecule has 132 valence electrons. The fraction of sp³-hybridized carbons (Fsp3) is 0.381. The molecule has 1 saturated heterocycles. The lowest BCUT2D eigenvalue weighted by Crippen LogP contribution is -2.46. The minimum atomic E-state index is -0.00688. The van der Waals surface area contributed by atoms with Crippen LogP contribution in [0.5, 0.6) is 0 Å². The normalized spacial score (nSPS) is 18.9. The molecular weight excluding hydrogens is 376 g/mol. The van der Waals surface area contributed by atoms with Crippen molar-refractivity contribution < 1.29 is 4.79 Å². The average Bonchev–Trinajstić information content (AvgIpc) is 3.06. The van der Waals surface area contributed by atoms with E-state index in [0.29, 0.717) is 0 Å². The van der Waals surface area contributed by atoms with Crippen molar-refractivity contribution in [2.45, 2.75) is 44.8 Å². The SMILES string of the molecule is CC(Cc1ccc(Br)cc1)NC(=O)C1CCCN1Cc1ccccc1. The van der Waals surface area contributed by atoms with Crippen LogP contribution in [0.15, 0.2) is 59.1 Å². The molecular formula is C21H25BrN2O. The molecule has 0 radical (unpaired) electrons. The predicted molar refractivity (Wildman–Crippen MR) is 105 cm³/mol. The maximum Gasteiger partial charge on any atom is 0.237 e. The summed E-state index contributed by atoms with van der Waals surface area (Å²) in [6.45, 7) is 3.92. The number of rotatable bonds is 6. The van der Waals surface area contributed by atoms with Gasteiger partial charge in [-0.1, -0.05) is 58.4 Å². The highest BCUT2D eigenvalue weighted by molar-refractivity contribution is 9.10. The predicted octanol–water partition coefficient (Wildman–Crippen LogP) is 4.16. The van der Waals surface area contributed by atoms with Crippen LogP contribution in [0, 0.1) is 0 Å². The third kappa shape index (κ3) is 5.16. The molecule has 2 unspecified atom stereocenters. The van der Waals surface area contributed by atoms with Crippen LogP contribution in [0.1, 0.15) is 30.9 Å². The summed E-state index contributed by atoms with van der Waals surface area (Å²) in [4.78, 5) is 15.0. The van der Waals surface area contributed by atoms with Gasteiger partial charge in [0.15, 0.2) is 0 Å². The topological polar surface area (TPSA) is 32.3 Å². The molecule has 2 aromatic rings. The summed E-state index contributed by atoms with van der Waals surface area (Å²) in [5.41, 5.74) is 2.51. The van der Waals surface area contributed by atoms with E-state index in [1.54, 1.807) is 0 Å². The number of hydrogen-bond acceptors (Lipinski definition) is 2. The lowest BCUT2D eigenvalue weighted by molar-refractivity contribution is -0.126. The summed E-state index contributed by atoms with van der Waals surface area (Å²) < 4.78 is 1.08. The maximum atomic E-state index is 12.7. The van der Waals surface area contributed by atoms with E-state index in [2.05, 4.69) is 69.5 Å². The van der Waals surface area contributed by atoms with E-state index < -0.39 is 0 Å². The van der Waals surface area contributed by atoms with E-state index in [-0.39, 0.29) is 18.0 Å². The van der Waals surface area contributed by atoms with Crippen molar-refractivity contribution in [3.63, 3.8) is 0 Å². The maximum absolute atomic E-state index is 12.7. The first kappa shape index (κ1) is 18.2. The number of likely N-dealkylation sites (tertiary alicyclic amines) is 1. The van der Waals surface area contributed by atoms with E-state index in [1.165, 1.54) is 11.1 Å². The Hall–Kier alpha value is -1.65. The molecule has 2 aromatic carbocycles. The van der Waals surface area contributed by atoms with Gasteiger partial charge < -0.3 is 5.32 Å². The molecule has 4 heteroatoms. The molecule has 25 heavy (non-hydrogen) atoms. The Balaban J connectivity index is 1.55. The Kier molecular flexibility index (Phi) is 6.27. The summed E-state index contributed by atoms with van der Waals surface area (Å²) in [6.07, 6.45) is 2.89. The second-order valence-corrected chi connectivity index (χ2v) is 7.77. The summed E-state index contributed by atoms with van der Waals surface area (Å²) in [6, 6.07) is 18.8. The Morgan fingerprint density at radius 2 is 1.88 bits per heavy atom. The van der Waals surface area contributed by atoms with Crippen LogP contribution in [0.4, 0.5) is 0 Å². The highest BCUT2D eigenvalue weighted by Crippen LogP contribution is 2.20. The summed E-state index contributed by atoms with van der Waals surface area (Å²) in [5, 5.41) is 3.21. The van der Waals surface area contributed by atoms with E-state index in [4.69, 9.17) is 0 Å². The van der Waals surface area contributed by atoms with E-state index in [1.807, 2.05) is 18.2 Å². The second-order valence-electron chi connectivity index (χ2n) is 6.85. The van der Waals surface area contributed by atoms with Crippen molar-refractivity contribution in [1.29, 1.82) is 0 Å². The average molecular weight is 401 g/mol. The third-order valence-corrected chi connectivity index (χ3v) is 5.27. The van der Waals surface area contributed by atoms with Crippen LogP contribution in [-0.4, -0.2) is 29.4 Å². The van der Waals surface area contributed by atoms with E-state index >= 15 is 0 Å². The first-order valence-electron chi connectivity index (χ1n) is 8.94. The summed E-state index contributed by atoms with van der Waals surface area (Å²) in [7, 11) is 0. The van der Waals surface area contributed by atoms with Gasteiger partial charge in [-0.05, 0) is 56.0 Å². The first-order chi connectivity index (χ1) is 12.1. The molecule has 2 atom stereocenters. The molecule has 1 aliphatic rings. The Morgan fingerprint density at radius 1 is 1.16 bits per heavy atom. The van der Waals surface area contributed by atoms with Crippen LogP contribution >= 0.6 is 15.9 Å². The molecule has 0 aromatic heterocycles. The molecule has 3 nitrogen and oxygen atoms in total. The minimum Gasteiger partial charge on any atom is -0.352 e. The first-order valence-corrected chi connectivity index (χ1v) is 9.74. The zero-order valence-electron chi connectivity index (χ0n) is 14.6. The van der Waals surface area contributed by atoms with Gasteiger partial charge in [-0.25, -0.2) is 0 Å². The van der Waals surface area contributed by atoms with Gasteiger partial charge in [0.1, 0.15) is 0 Å². The number of hydrogen-bond donors (Lipinski definition) is 1. The van der Waals surface area contributed by atoms with Crippen molar-refractivity contribution >= 4 is 21.8 Å². The van der Waals surface area contributed by atoms with Gasteiger partial charge in [-0.2, -0.15) is 0 Å². The molecule has 0 spiro atoms. The van der Waals surface area contributed by atoms with Gasteiger partial charge in [0, 0.05) is 17.1 Å². The quantitative estimate of drug-likeness (QED) is 0.789. The number of amides is 1. The molecule has 0 saturated carbocycles. The molecule has 1 amide bonds. The zero-order chi connectivity index (χ0) is 17.6. The largest absolute Gasteiger partial charge is 0.352 e. The summed E-state index contributed by atoms with van der Waals surface area (Å²) >= 11 is 3.46. The molecule has 0 bridgehead atoms. The van der Waals surface area contributed by atoms with Crippen LogP contribution in [0.3, 0.4) is 0 Å². The number of nitrogens with zero attached hydrogens (tertiary/aromatic N) is 1. The lowest BCUT2D eigenvalue weighted by Gasteiger charge is -2.25. The zero-order valence-corrected chi connectivity index (χ0v) is 16.2. The van der Waals surface area contributed by atoms with E-state index in [0.717, 1.165) is 36.8 Å². The molecule has 1 heterocycles. The summed E-state index contributed by atoms with van der Waals surface area (Å²) in [5.74, 6) is 0.165. The van der Waals surface area contributed by atoms with Gasteiger partial charge in [0.2, 0.25) is 5.91 Å². The van der Waals surface area contributed by atoms with Crippen molar-refractivity contribution in [2.75, 3.05) is 6.54 Å². The van der Waals surface area contributed by atoms with Crippen LogP contribution in [-0.2, 0) is 17.8 Å². The lowest BCUT2D eigenvalue weighted by atomic mass is 10.1. The standard InChI is InChI=1S/C21H25BrN2O/c1-16(14-17-9-11-19(22)12-10-17)23-21(25)20-8-5-13-24(20)15-18-6-3-2-4-7-18/h2-4,6-7,9-12,16,20H,5,8,13-15H2,1H3,(H,23,25). The monoisotopic (exact) mass is 400 g/mol. The minimum absolute atomic E-state index is 0.00688. The Morgan fingerprint density at radius 3 is 2.60 bits per heavy atom. The van der Waals surface area contributed by atoms with Gasteiger partial charge in [-0.15, -0.1) is 0 Å². The smallest absolute Gasteiger partial charge is 0.237 e. The highest BCUT2D eigenvalue weighted by Gasteiger charge is 2.31. The second kappa shape index (κ2) is 8.63. The number of nitrogens with one attached hydrogen (secondary N) is 1. The number of carbonyl (C=O) groups excluding carboxylic acids is 1. The number of halogens is 1. The molecule has 1 aliphatic heterocycles. The van der Waals surface area contributed by atoms with Crippen molar-refractivity contribution in [3.05, 3.63) is 70.2 Å². The highest BCUT2D eigenvalue weighted by atomic mass is 79.9. The fourth-order valence-electron chi connectivity index (χ4n) is 3.49. The van der Waals surface area contributed by atoms with Gasteiger partial charge in [-0.3, -0.25) is 9.69 Å². The third-order valence-electron chi connectivity index (χ3n) is 4.74. The van der Waals surface area contributed by atoms with Crippen molar-refractivity contribution in [1.82, 2.24) is 10.2 Å². The van der Waals surface area contributed by atoms with Crippen LogP contribution < -0.4 is 5.32 Å². The molecule has 3 rings (SSSR count). The van der Waals surface area contributed by atoms with Gasteiger partial charge in [0.25, 0.3) is 0 Å². The fourth-order valence-corrected chi connectivity index (χ4v) is 3.76. The Labute approximate surface area is 158 Å². The number of carbonyl (C=O) groups is 1. The number of benzene rings is 2. The Bertz CT molecular complexity index is 687. The van der Waals surface area contributed by atoms with Crippen LogP contribution in [0.2, 0.25) is 0 Å². The van der Waals surface area contributed by atoms with Crippen molar-refractivity contribution in [2.24, 2.45) is 0 Å². The molecule has 0 aliphatic carbocycles.